The van der Waals surface area contributed by atoms with Crippen LogP contribution in [0.5, 0.6) is 0 Å². The molecule has 0 spiro atoms. The van der Waals surface area contributed by atoms with Crippen molar-refractivity contribution >= 4 is 23.4 Å². The van der Waals surface area contributed by atoms with Gasteiger partial charge in [-0.3, -0.25) is 9.59 Å². The zero-order chi connectivity index (χ0) is 19.3. The monoisotopic (exact) mass is 384 g/mol. The second-order valence-electron chi connectivity index (χ2n) is 5.60. The van der Waals surface area contributed by atoms with Crippen molar-refractivity contribution in [3.05, 3.63) is 70.2 Å². The number of alkyl halides is 3. The van der Waals surface area contributed by atoms with Crippen molar-refractivity contribution < 1.29 is 22.8 Å². The Morgan fingerprint density at radius 1 is 1.12 bits per heavy atom. The maximum absolute atomic E-state index is 13.0. The molecule has 0 aliphatic rings. The highest BCUT2D eigenvalue weighted by molar-refractivity contribution is 6.30. The molecule has 0 aliphatic heterocycles. The molecule has 0 heterocycles. The molecular formula is C18H16ClF3N2O2. The van der Waals surface area contributed by atoms with Crippen LogP contribution in [0, 0.1) is 0 Å². The predicted octanol–water partition coefficient (Wildman–Crippen LogP) is 3.75. The summed E-state index contributed by atoms with van der Waals surface area (Å²) in [5.41, 5.74) is -0.519. The first-order valence-electron chi connectivity index (χ1n) is 7.61. The molecule has 2 aromatic carbocycles. The fourth-order valence-electron chi connectivity index (χ4n) is 2.30. The SMILES string of the molecule is CN(Cc1ccccc1C(F)(F)F)C(=O)CNC(=O)c1cccc(Cl)c1. The van der Waals surface area contributed by atoms with Crippen molar-refractivity contribution in [1.82, 2.24) is 10.2 Å². The predicted molar refractivity (Wildman–Crippen MR) is 91.7 cm³/mol. The molecule has 0 radical (unpaired) electrons. The fourth-order valence-corrected chi connectivity index (χ4v) is 2.49. The van der Waals surface area contributed by atoms with Gasteiger partial charge in [-0.05, 0) is 29.8 Å². The Morgan fingerprint density at radius 3 is 2.46 bits per heavy atom. The third-order valence-corrected chi connectivity index (χ3v) is 3.88. The molecule has 2 amide bonds. The standard InChI is InChI=1S/C18H16ClF3N2O2/c1-24(11-13-5-2-3-8-15(13)18(20,21)22)16(25)10-23-17(26)12-6-4-7-14(19)9-12/h2-9H,10-11H2,1H3,(H,23,26). The van der Waals surface area contributed by atoms with Crippen LogP contribution in [0.2, 0.25) is 5.02 Å². The summed E-state index contributed by atoms with van der Waals surface area (Å²) in [5.74, 6) is -1.01. The first-order valence-corrected chi connectivity index (χ1v) is 7.99. The Morgan fingerprint density at radius 2 is 1.81 bits per heavy atom. The number of carbonyl (C=O) groups is 2. The molecule has 2 rings (SSSR count). The van der Waals surface area contributed by atoms with E-state index in [1.165, 1.54) is 37.4 Å². The summed E-state index contributed by atoms with van der Waals surface area (Å²) in [6, 6.07) is 11.2. The number of hydrogen-bond acceptors (Lipinski definition) is 2. The van der Waals surface area contributed by atoms with Gasteiger partial charge in [0.25, 0.3) is 5.91 Å². The topological polar surface area (TPSA) is 49.4 Å². The van der Waals surface area contributed by atoms with Crippen LogP contribution in [-0.2, 0) is 17.5 Å². The van der Waals surface area contributed by atoms with E-state index in [1.54, 1.807) is 12.1 Å². The van der Waals surface area contributed by atoms with Crippen LogP contribution >= 0.6 is 11.6 Å². The number of hydrogen-bond donors (Lipinski definition) is 1. The largest absolute Gasteiger partial charge is 0.416 e. The van der Waals surface area contributed by atoms with Gasteiger partial charge >= 0.3 is 6.18 Å². The van der Waals surface area contributed by atoms with Crippen LogP contribution in [0.15, 0.2) is 48.5 Å². The van der Waals surface area contributed by atoms with Crippen LogP contribution in [0.1, 0.15) is 21.5 Å². The van der Waals surface area contributed by atoms with E-state index in [4.69, 9.17) is 11.6 Å². The maximum atomic E-state index is 13.0. The van der Waals surface area contributed by atoms with Gasteiger partial charge in [0.2, 0.25) is 5.91 Å². The summed E-state index contributed by atoms with van der Waals surface area (Å²) in [7, 11) is 1.38. The van der Waals surface area contributed by atoms with E-state index in [0.29, 0.717) is 5.02 Å². The number of rotatable bonds is 5. The number of carbonyl (C=O) groups excluding carboxylic acids is 2. The molecule has 0 saturated heterocycles. The Balaban J connectivity index is 1.97. The Hall–Kier alpha value is -2.54. The van der Waals surface area contributed by atoms with Crippen LogP contribution in [-0.4, -0.2) is 30.3 Å². The number of nitrogens with zero attached hydrogens (tertiary/aromatic N) is 1. The number of likely N-dealkylation sites (N-methyl/N-ethyl adjacent to an activating group) is 1. The molecule has 4 nitrogen and oxygen atoms in total. The first-order chi connectivity index (χ1) is 12.2. The maximum Gasteiger partial charge on any atom is 0.416 e. The molecule has 0 fully saturated rings. The van der Waals surface area contributed by atoms with Gasteiger partial charge in [0, 0.05) is 24.2 Å². The first kappa shape index (κ1) is 19.8. The molecule has 0 unspecified atom stereocenters. The summed E-state index contributed by atoms with van der Waals surface area (Å²) in [4.78, 5) is 25.2. The minimum Gasteiger partial charge on any atom is -0.343 e. The van der Waals surface area contributed by atoms with Crippen LogP contribution in [0.4, 0.5) is 13.2 Å². The molecule has 0 aromatic heterocycles. The number of nitrogens with one attached hydrogen (secondary N) is 1. The van der Waals surface area contributed by atoms with E-state index in [2.05, 4.69) is 5.32 Å². The highest BCUT2D eigenvalue weighted by Crippen LogP contribution is 2.32. The lowest BCUT2D eigenvalue weighted by Gasteiger charge is -2.20. The quantitative estimate of drug-likeness (QED) is 0.853. The van der Waals surface area contributed by atoms with Crippen molar-refractivity contribution in [2.75, 3.05) is 13.6 Å². The lowest BCUT2D eigenvalue weighted by Crippen LogP contribution is -2.38. The fraction of sp³-hybridized carbons (Fsp3) is 0.222. The van der Waals surface area contributed by atoms with Gasteiger partial charge in [-0.15, -0.1) is 0 Å². The average Bonchev–Trinajstić information content (AvgIpc) is 2.58. The average molecular weight is 385 g/mol. The summed E-state index contributed by atoms with van der Waals surface area (Å²) >= 11 is 5.80. The molecule has 0 atom stereocenters. The third kappa shape index (κ3) is 5.23. The smallest absolute Gasteiger partial charge is 0.343 e. The Kier molecular flexibility index (Phi) is 6.26. The second kappa shape index (κ2) is 8.23. The van der Waals surface area contributed by atoms with Gasteiger partial charge in [-0.25, -0.2) is 0 Å². The molecule has 8 heteroatoms. The van der Waals surface area contributed by atoms with E-state index in [9.17, 15) is 22.8 Å². The summed E-state index contributed by atoms with van der Waals surface area (Å²) in [6.07, 6.45) is -4.50. The lowest BCUT2D eigenvalue weighted by atomic mass is 10.1. The summed E-state index contributed by atoms with van der Waals surface area (Å²) < 4.78 is 39.0. The normalized spacial score (nSPS) is 11.1. The molecule has 0 bridgehead atoms. The minimum absolute atomic E-state index is 0.0167. The van der Waals surface area contributed by atoms with E-state index >= 15 is 0 Å². The Bertz CT molecular complexity index is 809. The minimum atomic E-state index is -4.50. The van der Waals surface area contributed by atoms with E-state index in [0.717, 1.165) is 11.0 Å². The second-order valence-corrected chi connectivity index (χ2v) is 6.03. The van der Waals surface area contributed by atoms with Gasteiger partial charge in [0.05, 0.1) is 12.1 Å². The van der Waals surface area contributed by atoms with Gasteiger partial charge in [-0.2, -0.15) is 13.2 Å². The molecule has 0 saturated carbocycles. The Labute approximate surface area is 153 Å². The highest BCUT2D eigenvalue weighted by atomic mass is 35.5. The molecular weight excluding hydrogens is 369 g/mol. The van der Waals surface area contributed by atoms with Crippen molar-refractivity contribution in [2.24, 2.45) is 0 Å². The van der Waals surface area contributed by atoms with Crippen molar-refractivity contribution in [2.45, 2.75) is 12.7 Å². The van der Waals surface area contributed by atoms with E-state index in [-0.39, 0.29) is 24.2 Å². The van der Waals surface area contributed by atoms with Crippen LogP contribution in [0.3, 0.4) is 0 Å². The van der Waals surface area contributed by atoms with Gasteiger partial charge < -0.3 is 10.2 Å². The zero-order valence-corrected chi connectivity index (χ0v) is 14.6. The van der Waals surface area contributed by atoms with Crippen molar-refractivity contribution in [3.63, 3.8) is 0 Å². The molecule has 0 aliphatic carbocycles. The number of amides is 2. The molecule has 1 N–H and O–H groups in total. The van der Waals surface area contributed by atoms with E-state index < -0.39 is 23.6 Å². The van der Waals surface area contributed by atoms with Crippen molar-refractivity contribution in [3.8, 4) is 0 Å². The van der Waals surface area contributed by atoms with Crippen molar-refractivity contribution in [1.29, 1.82) is 0 Å². The molecule has 138 valence electrons. The van der Waals surface area contributed by atoms with E-state index in [1.807, 2.05) is 0 Å². The number of halogens is 4. The molecule has 26 heavy (non-hydrogen) atoms. The summed E-state index contributed by atoms with van der Waals surface area (Å²) in [5, 5.41) is 2.81. The highest BCUT2D eigenvalue weighted by Gasteiger charge is 2.33. The van der Waals surface area contributed by atoms with Gasteiger partial charge in [-0.1, -0.05) is 35.9 Å². The third-order valence-electron chi connectivity index (χ3n) is 3.64. The lowest BCUT2D eigenvalue weighted by molar-refractivity contribution is -0.139. The number of benzene rings is 2. The summed E-state index contributed by atoms with van der Waals surface area (Å²) in [6.45, 7) is -0.558. The van der Waals surface area contributed by atoms with Crippen LogP contribution in [0.25, 0.3) is 0 Å². The van der Waals surface area contributed by atoms with Gasteiger partial charge in [0.15, 0.2) is 0 Å². The molecule has 2 aromatic rings. The van der Waals surface area contributed by atoms with Crippen LogP contribution < -0.4 is 5.32 Å². The van der Waals surface area contributed by atoms with Gasteiger partial charge in [0.1, 0.15) is 0 Å². The zero-order valence-electron chi connectivity index (χ0n) is 13.8.